The predicted octanol–water partition coefficient (Wildman–Crippen LogP) is 3.34. The lowest BCUT2D eigenvalue weighted by molar-refractivity contribution is -0.119. The molecule has 1 amide bonds. The van der Waals surface area contributed by atoms with Gasteiger partial charge in [0.1, 0.15) is 11.0 Å². The Balaban J connectivity index is 1.76. The number of carbonyl (C=O) groups excluding carboxylic acids is 1. The second-order valence-corrected chi connectivity index (χ2v) is 8.05. The van der Waals surface area contributed by atoms with E-state index in [0.717, 1.165) is 24.0 Å². The van der Waals surface area contributed by atoms with Crippen molar-refractivity contribution in [2.24, 2.45) is 0 Å². The van der Waals surface area contributed by atoms with E-state index >= 15 is 0 Å². The Kier molecular flexibility index (Phi) is 4.78. The second kappa shape index (κ2) is 7.23. The monoisotopic (exact) mass is 382 g/mol. The van der Waals surface area contributed by atoms with Crippen LogP contribution < -0.4 is 10.9 Å². The number of carbonyl (C=O) groups is 1. The SMILES string of the molecule is CC(C)NC(=O)CSc1nc2c(-c3ccccc3)c[nH]c2c(=O)n1C1CC1. The molecule has 1 aromatic carbocycles. The molecule has 0 saturated heterocycles. The van der Waals surface area contributed by atoms with E-state index in [1.54, 1.807) is 4.57 Å². The highest BCUT2D eigenvalue weighted by Gasteiger charge is 2.29. The number of aromatic amines is 1. The predicted molar refractivity (Wildman–Crippen MR) is 108 cm³/mol. The van der Waals surface area contributed by atoms with Gasteiger partial charge in [0.15, 0.2) is 5.16 Å². The molecule has 0 bridgehead atoms. The molecular weight excluding hydrogens is 360 g/mol. The number of hydrogen-bond donors (Lipinski definition) is 2. The van der Waals surface area contributed by atoms with E-state index in [-0.39, 0.29) is 29.3 Å². The first kappa shape index (κ1) is 17.9. The molecule has 7 heteroatoms. The number of nitrogens with one attached hydrogen (secondary N) is 2. The van der Waals surface area contributed by atoms with Crippen molar-refractivity contribution in [1.29, 1.82) is 0 Å². The molecule has 1 saturated carbocycles. The van der Waals surface area contributed by atoms with E-state index in [2.05, 4.69) is 10.3 Å². The summed E-state index contributed by atoms with van der Waals surface area (Å²) in [5.41, 5.74) is 3.04. The van der Waals surface area contributed by atoms with E-state index in [9.17, 15) is 9.59 Å². The van der Waals surface area contributed by atoms with E-state index in [0.29, 0.717) is 16.2 Å². The smallest absolute Gasteiger partial charge is 0.278 e. The minimum absolute atomic E-state index is 0.0518. The fraction of sp³-hybridized carbons (Fsp3) is 0.350. The summed E-state index contributed by atoms with van der Waals surface area (Å²) in [6.07, 6.45) is 3.79. The Labute approximate surface area is 161 Å². The van der Waals surface area contributed by atoms with E-state index in [1.165, 1.54) is 11.8 Å². The third-order valence-electron chi connectivity index (χ3n) is 4.48. The summed E-state index contributed by atoms with van der Waals surface area (Å²) >= 11 is 1.33. The lowest BCUT2D eigenvalue weighted by Gasteiger charge is -2.12. The average Bonchev–Trinajstić information content (AvgIpc) is 3.38. The third-order valence-corrected chi connectivity index (χ3v) is 5.43. The third kappa shape index (κ3) is 3.64. The standard InChI is InChI=1S/C20H22N4O2S/c1-12(2)22-16(25)11-27-20-23-17-15(13-6-4-3-5-7-13)10-21-18(17)19(26)24(20)14-8-9-14/h3-7,10,12,14,21H,8-9,11H2,1-2H3,(H,22,25). The molecule has 1 aliphatic rings. The van der Waals surface area contributed by atoms with Gasteiger partial charge in [-0.1, -0.05) is 42.1 Å². The fourth-order valence-corrected chi connectivity index (χ4v) is 4.01. The first-order valence-corrected chi connectivity index (χ1v) is 10.1. The molecule has 0 spiro atoms. The molecule has 1 aliphatic carbocycles. The number of amides is 1. The van der Waals surface area contributed by atoms with Crippen molar-refractivity contribution in [1.82, 2.24) is 19.9 Å². The normalized spacial score (nSPS) is 14.0. The summed E-state index contributed by atoms with van der Waals surface area (Å²) in [6, 6.07) is 10.2. The van der Waals surface area contributed by atoms with Crippen LogP contribution in [0.4, 0.5) is 0 Å². The highest BCUT2D eigenvalue weighted by molar-refractivity contribution is 7.99. The van der Waals surface area contributed by atoms with Gasteiger partial charge in [0.05, 0.1) is 5.75 Å². The zero-order valence-corrected chi connectivity index (χ0v) is 16.2. The van der Waals surface area contributed by atoms with E-state index in [4.69, 9.17) is 4.98 Å². The highest BCUT2D eigenvalue weighted by atomic mass is 32.2. The molecule has 27 heavy (non-hydrogen) atoms. The Bertz CT molecular complexity index is 1040. The molecule has 0 radical (unpaired) electrons. The number of nitrogens with zero attached hydrogens (tertiary/aromatic N) is 2. The minimum atomic E-state index is -0.0588. The van der Waals surface area contributed by atoms with Gasteiger partial charge in [-0.05, 0) is 32.3 Å². The van der Waals surface area contributed by atoms with Gasteiger partial charge < -0.3 is 10.3 Å². The van der Waals surface area contributed by atoms with Gasteiger partial charge in [-0.2, -0.15) is 0 Å². The number of hydrogen-bond acceptors (Lipinski definition) is 4. The molecule has 0 atom stereocenters. The maximum Gasteiger partial charge on any atom is 0.278 e. The Morgan fingerprint density at radius 3 is 2.74 bits per heavy atom. The van der Waals surface area contributed by atoms with Crippen LogP contribution in [-0.2, 0) is 4.79 Å². The molecule has 2 N–H and O–H groups in total. The van der Waals surface area contributed by atoms with E-state index in [1.807, 2.05) is 50.4 Å². The number of thioether (sulfide) groups is 1. The molecule has 140 valence electrons. The van der Waals surface area contributed by atoms with Gasteiger partial charge >= 0.3 is 0 Å². The molecule has 3 aromatic rings. The maximum absolute atomic E-state index is 13.1. The zero-order chi connectivity index (χ0) is 19.0. The van der Waals surface area contributed by atoms with Crippen molar-refractivity contribution in [3.8, 4) is 11.1 Å². The Morgan fingerprint density at radius 2 is 2.07 bits per heavy atom. The van der Waals surface area contributed by atoms with Crippen LogP contribution in [0.15, 0.2) is 46.5 Å². The number of benzene rings is 1. The molecular formula is C20H22N4O2S. The molecule has 2 aromatic heterocycles. The van der Waals surface area contributed by atoms with Crippen LogP contribution in [0.25, 0.3) is 22.2 Å². The number of rotatable bonds is 6. The van der Waals surface area contributed by atoms with Gasteiger partial charge in [-0.15, -0.1) is 0 Å². The van der Waals surface area contributed by atoms with Gasteiger partial charge in [0.2, 0.25) is 5.91 Å². The summed E-state index contributed by atoms with van der Waals surface area (Å²) < 4.78 is 1.75. The van der Waals surface area contributed by atoms with Crippen molar-refractivity contribution >= 4 is 28.7 Å². The molecule has 0 aliphatic heterocycles. The Morgan fingerprint density at radius 1 is 1.33 bits per heavy atom. The van der Waals surface area contributed by atoms with Crippen LogP contribution in [0.2, 0.25) is 0 Å². The quantitative estimate of drug-likeness (QED) is 0.506. The average molecular weight is 382 g/mol. The van der Waals surface area contributed by atoms with Crippen LogP contribution in [0.5, 0.6) is 0 Å². The maximum atomic E-state index is 13.1. The molecule has 6 nitrogen and oxygen atoms in total. The largest absolute Gasteiger partial charge is 0.355 e. The van der Waals surface area contributed by atoms with Crippen LogP contribution >= 0.6 is 11.8 Å². The molecule has 0 unspecified atom stereocenters. The van der Waals surface area contributed by atoms with Crippen molar-refractivity contribution in [3.63, 3.8) is 0 Å². The number of fused-ring (bicyclic) bond motifs is 1. The number of aromatic nitrogens is 3. The van der Waals surface area contributed by atoms with Crippen LogP contribution in [0.1, 0.15) is 32.7 Å². The first-order valence-electron chi connectivity index (χ1n) is 9.16. The molecule has 4 rings (SSSR count). The summed E-state index contributed by atoms with van der Waals surface area (Å²) in [4.78, 5) is 33.0. The van der Waals surface area contributed by atoms with Crippen molar-refractivity contribution in [2.45, 2.75) is 43.9 Å². The molecule has 1 fully saturated rings. The van der Waals surface area contributed by atoms with Gasteiger partial charge in [-0.3, -0.25) is 14.2 Å². The highest BCUT2D eigenvalue weighted by Crippen LogP contribution is 2.37. The first-order chi connectivity index (χ1) is 13.0. The number of H-pyrrole nitrogens is 1. The summed E-state index contributed by atoms with van der Waals surface area (Å²) in [5.74, 6) is 0.192. The van der Waals surface area contributed by atoms with Crippen molar-refractivity contribution < 1.29 is 4.79 Å². The topological polar surface area (TPSA) is 79.8 Å². The van der Waals surface area contributed by atoms with Gasteiger partial charge in [0, 0.05) is 23.8 Å². The molecule has 2 heterocycles. The Hall–Kier alpha value is -2.54. The summed E-state index contributed by atoms with van der Waals surface area (Å²) in [5, 5.41) is 3.50. The van der Waals surface area contributed by atoms with Crippen LogP contribution in [-0.4, -0.2) is 32.2 Å². The van der Waals surface area contributed by atoms with Crippen molar-refractivity contribution in [3.05, 3.63) is 46.9 Å². The van der Waals surface area contributed by atoms with Gasteiger partial charge in [-0.25, -0.2) is 4.98 Å². The van der Waals surface area contributed by atoms with Crippen LogP contribution in [0.3, 0.4) is 0 Å². The summed E-state index contributed by atoms with van der Waals surface area (Å²) in [6.45, 7) is 3.86. The van der Waals surface area contributed by atoms with Gasteiger partial charge in [0.25, 0.3) is 5.56 Å². The fourth-order valence-electron chi connectivity index (χ4n) is 3.14. The van der Waals surface area contributed by atoms with E-state index < -0.39 is 0 Å². The lowest BCUT2D eigenvalue weighted by Crippen LogP contribution is -2.32. The van der Waals surface area contributed by atoms with Crippen LogP contribution in [0, 0.1) is 0 Å². The second-order valence-electron chi connectivity index (χ2n) is 7.10. The minimum Gasteiger partial charge on any atom is -0.355 e. The summed E-state index contributed by atoms with van der Waals surface area (Å²) in [7, 11) is 0. The lowest BCUT2D eigenvalue weighted by atomic mass is 10.1. The zero-order valence-electron chi connectivity index (χ0n) is 15.4. The van der Waals surface area contributed by atoms with Crippen molar-refractivity contribution in [2.75, 3.05) is 5.75 Å².